The van der Waals surface area contributed by atoms with Crippen LogP contribution < -0.4 is 5.73 Å². The molecular weight excluding hydrogens is 239 g/mol. The minimum absolute atomic E-state index is 0.163. The average Bonchev–Trinajstić information content (AvgIpc) is 2.57. The van der Waals surface area contributed by atoms with Crippen molar-refractivity contribution < 1.29 is 22.7 Å². The molecule has 0 saturated heterocycles. The van der Waals surface area contributed by atoms with Crippen molar-refractivity contribution in [1.29, 1.82) is 0 Å². The predicted octanol–water partition coefficient (Wildman–Crippen LogP) is 1.35. The van der Waals surface area contributed by atoms with Gasteiger partial charge in [0.2, 0.25) is 0 Å². The summed E-state index contributed by atoms with van der Waals surface area (Å²) in [5.74, 6) is -0.643. The molecule has 0 aliphatic rings. The number of hydrogen-bond donors (Lipinski definition) is 1. The second-order valence-electron chi connectivity index (χ2n) is 3.41. The molecule has 0 atom stereocenters. The van der Waals surface area contributed by atoms with Crippen LogP contribution >= 0.6 is 0 Å². The number of nitrogen functional groups attached to an aromatic ring is 1. The summed E-state index contributed by atoms with van der Waals surface area (Å²) in [6.07, 6.45) is -2.64. The SMILES string of the molecule is Nc1cnn(CC(=O)OCCCC(F)(F)F)c1. The molecule has 0 saturated carbocycles. The van der Waals surface area contributed by atoms with Crippen molar-refractivity contribution in [2.45, 2.75) is 25.6 Å². The molecule has 0 unspecified atom stereocenters. The number of rotatable bonds is 5. The Balaban J connectivity index is 2.18. The highest BCUT2D eigenvalue weighted by Gasteiger charge is 2.26. The van der Waals surface area contributed by atoms with E-state index < -0.39 is 18.6 Å². The molecule has 0 aromatic carbocycles. The van der Waals surface area contributed by atoms with Gasteiger partial charge in [0.25, 0.3) is 0 Å². The molecule has 0 amide bonds. The predicted molar refractivity (Wildman–Crippen MR) is 52.9 cm³/mol. The van der Waals surface area contributed by atoms with Gasteiger partial charge in [0.15, 0.2) is 0 Å². The largest absolute Gasteiger partial charge is 0.464 e. The quantitative estimate of drug-likeness (QED) is 0.633. The van der Waals surface area contributed by atoms with Crippen molar-refractivity contribution in [3.63, 3.8) is 0 Å². The highest BCUT2D eigenvalue weighted by atomic mass is 19.4. The molecule has 5 nitrogen and oxygen atoms in total. The first-order valence-electron chi connectivity index (χ1n) is 4.87. The minimum Gasteiger partial charge on any atom is -0.464 e. The van der Waals surface area contributed by atoms with E-state index in [0.29, 0.717) is 5.69 Å². The van der Waals surface area contributed by atoms with Gasteiger partial charge in [0.05, 0.1) is 18.5 Å². The van der Waals surface area contributed by atoms with Crippen molar-refractivity contribution in [2.24, 2.45) is 0 Å². The highest BCUT2D eigenvalue weighted by molar-refractivity contribution is 5.69. The summed E-state index contributed by atoms with van der Waals surface area (Å²) in [6.45, 7) is -0.418. The van der Waals surface area contributed by atoms with Crippen LogP contribution in [0.3, 0.4) is 0 Å². The first-order chi connectivity index (χ1) is 7.87. The number of nitrogens with two attached hydrogens (primary N) is 1. The zero-order chi connectivity index (χ0) is 12.9. The van der Waals surface area contributed by atoms with Crippen LogP contribution in [-0.4, -0.2) is 28.5 Å². The number of ether oxygens (including phenoxy) is 1. The number of halogens is 3. The zero-order valence-corrected chi connectivity index (χ0v) is 8.91. The lowest BCUT2D eigenvalue weighted by molar-refractivity contribution is -0.150. The van der Waals surface area contributed by atoms with Gasteiger partial charge >= 0.3 is 12.1 Å². The maximum atomic E-state index is 11.8. The standard InChI is InChI=1S/C9H12F3N3O2/c10-9(11,12)2-1-3-17-8(16)6-15-5-7(13)4-14-15/h4-5H,1-3,6,13H2. The number of hydrogen-bond acceptors (Lipinski definition) is 4. The third-order valence-corrected chi connectivity index (χ3v) is 1.81. The Hall–Kier alpha value is -1.73. The van der Waals surface area contributed by atoms with E-state index in [0.717, 1.165) is 0 Å². The van der Waals surface area contributed by atoms with Gasteiger partial charge in [-0.05, 0) is 6.42 Å². The molecular formula is C9H12F3N3O2. The fraction of sp³-hybridized carbons (Fsp3) is 0.556. The molecule has 0 radical (unpaired) electrons. The number of nitrogens with zero attached hydrogens (tertiary/aromatic N) is 2. The summed E-state index contributed by atoms with van der Waals surface area (Å²) in [6, 6.07) is 0. The normalized spacial score (nSPS) is 11.5. The van der Waals surface area contributed by atoms with Gasteiger partial charge in [0, 0.05) is 12.6 Å². The molecule has 96 valence electrons. The van der Waals surface area contributed by atoms with E-state index in [-0.39, 0.29) is 19.6 Å². The van der Waals surface area contributed by atoms with E-state index in [1.54, 1.807) is 0 Å². The topological polar surface area (TPSA) is 70.1 Å². The van der Waals surface area contributed by atoms with Crippen LogP contribution in [0.25, 0.3) is 0 Å². The monoisotopic (exact) mass is 251 g/mol. The lowest BCUT2D eigenvalue weighted by Crippen LogP contribution is -2.16. The Morgan fingerprint density at radius 3 is 2.76 bits per heavy atom. The van der Waals surface area contributed by atoms with E-state index in [1.165, 1.54) is 17.1 Å². The molecule has 0 bridgehead atoms. The lowest BCUT2D eigenvalue weighted by Gasteiger charge is -2.07. The van der Waals surface area contributed by atoms with Crippen LogP contribution in [0.1, 0.15) is 12.8 Å². The molecule has 0 spiro atoms. The number of alkyl halides is 3. The van der Waals surface area contributed by atoms with Crippen LogP contribution in [0.5, 0.6) is 0 Å². The Kier molecular flexibility index (Phi) is 4.36. The molecule has 1 rings (SSSR count). The Labute approximate surface area is 95.3 Å². The van der Waals surface area contributed by atoms with E-state index in [4.69, 9.17) is 5.73 Å². The zero-order valence-electron chi connectivity index (χ0n) is 8.91. The van der Waals surface area contributed by atoms with Crippen LogP contribution in [-0.2, 0) is 16.1 Å². The highest BCUT2D eigenvalue weighted by Crippen LogP contribution is 2.20. The number of carbonyl (C=O) groups is 1. The van der Waals surface area contributed by atoms with Gasteiger partial charge < -0.3 is 10.5 Å². The van der Waals surface area contributed by atoms with Gasteiger partial charge in [-0.25, -0.2) is 0 Å². The maximum Gasteiger partial charge on any atom is 0.389 e. The molecule has 2 N–H and O–H groups in total. The third-order valence-electron chi connectivity index (χ3n) is 1.81. The number of carbonyl (C=O) groups excluding carboxylic acids is 1. The number of esters is 1. The summed E-state index contributed by atoms with van der Waals surface area (Å²) < 4.78 is 41.1. The summed E-state index contributed by atoms with van der Waals surface area (Å²) in [5.41, 5.74) is 5.76. The lowest BCUT2D eigenvalue weighted by atomic mass is 10.3. The number of aromatic nitrogens is 2. The van der Waals surface area contributed by atoms with Crippen molar-refractivity contribution >= 4 is 11.7 Å². The van der Waals surface area contributed by atoms with E-state index in [1.807, 2.05) is 0 Å². The van der Waals surface area contributed by atoms with Gasteiger partial charge in [-0.3, -0.25) is 9.48 Å². The molecule has 0 aliphatic heterocycles. The second kappa shape index (κ2) is 5.55. The molecule has 17 heavy (non-hydrogen) atoms. The summed E-state index contributed by atoms with van der Waals surface area (Å²) >= 11 is 0. The molecule has 8 heteroatoms. The summed E-state index contributed by atoms with van der Waals surface area (Å²) in [7, 11) is 0. The first kappa shape index (κ1) is 13.3. The van der Waals surface area contributed by atoms with Gasteiger partial charge in [-0.15, -0.1) is 0 Å². The first-order valence-corrected chi connectivity index (χ1v) is 4.87. The van der Waals surface area contributed by atoms with E-state index >= 15 is 0 Å². The van der Waals surface area contributed by atoms with Gasteiger partial charge in [-0.1, -0.05) is 0 Å². The van der Waals surface area contributed by atoms with E-state index in [9.17, 15) is 18.0 Å². The van der Waals surface area contributed by atoms with Gasteiger partial charge in [-0.2, -0.15) is 18.3 Å². The van der Waals surface area contributed by atoms with Crippen molar-refractivity contribution in [3.05, 3.63) is 12.4 Å². The van der Waals surface area contributed by atoms with Gasteiger partial charge in [0.1, 0.15) is 6.54 Å². The van der Waals surface area contributed by atoms with Crippen LogP contribution in [0.2, 0.25) is 0 Å². The molecule has 1 aromatic rings. The molecule has 1 aromatic heterocycles. The van der Waals surface area contributed by atoms with Crippen LogP contribution in [0.15, 0.2) is 12.4 Å². The average molecular weight is 251 g/mol. The Morgan fingerprint density at radius 2 is 2.24 bits per heavy atom. The smallest absolute Gasteiger partial charge is 0.389 e. The maximum absolute atomic E-state index is 11.8. The van der Waals surface area contributed by atoms with E-state index in [2.05, 4.69) is 9.84 Å². The third kappa shape index (κ3) is 5.79. The van der Waals surface area contributed by atoms with Crippen LogP contribution in [0.4, 0.5) is 18.9 Å². The minimum atomic E-state index is -4.22. The second-order valence-corrected chi connectivity index (χ2v) is 3.41. The molecule has 0 aliphatic carbocycles. The van der Waals surface area contributed by atoms with Crippen molar-refractivity contribution in [1.82, 2.24) is 9.78 Å². The number of anilines is 1. The van der Waals surface area contributed by atoms with Crippen LogP contribution in [0, 0.1) is 0 Å². The van der Waals surface area contributed by atoms with Crippen molar-refractivity contribution in [3.8, 4) is 0 Å². The Bertz CT molecular complexity index is 376. The molecule has 0 fully saturated rings. The summed E-state index contributed by atoms with van der Waals surface area (Å²) in [4.78, 5) is 11.1. The molecule has 1 heterocycles. The Morgan fingerprint density at radius 1 is 1.53 bits per heavy atom. The summed E-state index contributed by atoms with van der Waals surface area (Å²) in [5, 5.41) is 3.73. The van der Waals surface area contributed by atoms with Crippen molar-refractivity contribution in [2.75, 3.05) is 12.3 Å². The fourth-order valence-corrected chi connectivity index (χ4v) is 1.10. The fourth-order valence-electron chi connectivity index (χ4n) is 1.10.